The molecule has 0 atom stereocenters. The van der Waals surface area contributed by atoms with Crippen LogP contribution in [-0.4, -0.2) is 31.7 Å². The molecule has 0 radical (unpaired) electrons. The first-order valence-electron chi connectivity index (χ1n) is 8.19. The van der Waals surface area contributed by atoms with E-state index in [-0.39, 0.29) is 4.87 Å². The van der Waals surface area contributed by atoms with Gasteiger partial charge in [0.2, 0.25) is 15.9 Å². The molecule has 7 nitrogen and oxygen atoms in total. The molecule has 1 N–H and O–H groups in total. The number of anilines is 2. The van der Waals surface area contributed by atoms with Crippen LogP contribution in [-0.2, 0) is 21.9 Å². The molecule has 0 fully saturated rings. The predicted octanol–water partition coefficient (Wildman–Crippen LogP) is 2.97. The summed E-state index contributed by atoms with van der Waals surface area (Å²) in [6.45, 7) is 1.34. The molecule has 28 heavy (non-hydrogen) atoms. The Morgan fingerprint density at radius 3 is 2.64 bits per heavy atom. The molecular formula is C18H18ClN3O4S2. The molecule has 1 aromatic heterocycles. The van der Waals surface area contributed by atoms with E-state index < -0.39 is 22.5 Å². The number of sulfonamides is 1. The van der Waals surface area contributed by atoms with Crippen molar-refractivity contribution in [1.82, 2.24) is 4.57 Å². The van der Waals surface area contributed by atoms with Gasteiger partial charge in [-0.3, -0.25) is 13.9 Å². The number of benzene rings is 2. The lowest BCUT2D eigenvalue weighted by atomic mass is 10.2. The van der Waals surface area contributed by atoms with Crippen LogP contribution >= 0.6 is 22.9 Å². The molecule has 3 aromatic rings. The van der Waals surface area contributed by atoms with Crippen LogP contribution in [0, 0.1) is 6.92 Å². The van der Waals surface area contributed by atoms with Crippen LogP contribution in [0.5, 0.6) is 0 Å². The smallest absolute Gasteiger partial charge is 0.307 e. The topological polar surface area (TPSA) is 88.5 Å². The maximum absolute atomic E-state index is 12.5. The van der Waals surface area contributed by atoms with Gasteiger partial charge in [-0.1, -0.05) is 29.0 Å². The summed E-state index contributed by atoms with van der Waals surface area (Å²) >= 11 is 7.07. The number of carbonyl (C=O) groups is 1. The number of hydrogen-bond donors (Lipinski definition) is 1. The fourth-order valence-corrected chi connectivity index (χ4v) is 4.77. The first-order chi connectivity index (χ1) is 13.1. The Morgan fingerprint density at radius 2 is 1.96 bits per heavy atom. The maximum atomic E-state index is 12.5. The molecule has 0 aliphatic rings. The number of rotatable bonds is 5. The molecule has 0 saturated carbocycles. The van der Waals surface area contributed by atoms with E-state index in [1.165, 1.54) is 10.6 Å². The number of halogens is 1. The van der Waals surface area contributed by atoms with E-state index in [1.807, 2.05) is 0 Å². The third kappa shape index (κ3) is 4.21. The summed E-state index contributed by atoms with van der Waals surface area (Å²) in [5.41, 5.74) is 2.27. The molecule has 0 bridgehead atoms. The molecule has 1 heterocycles. The molecule has 0 aliphatic heterocycles. The average molecular weight is 440 g/mol. The van der Waals surface area contributed by atoms with E-state index in [1.54, 1.807) is 44.3 Å². The van der Waals surface area contributed by atoms with E-state index in [9.17, 15) is 18.0 Å². The highest BCUT2D eigenvalue weighted by Crippen LogP contribution is 2.26. The summed E-state index contributed by atoms with van der Waals surface area (Å²) in [6, 6.07) is 9.95. The van der Waals surface area contributed by atoms with Crippen molar-refractivity contribution in [1.29, 1.82) is 0 Å². The Labute approximate surface area is 171 Å². The van der Waals surface area contributed by atoms with Crippen LogP contribution in [0.25, 0.3) is 10.2 Å². The Hall–Kier alpha value is -2.36. The Balaban J connectivity index is 1.87. The van der Waals surface area contributed by atoms with Crippen molar-refractivity contribution in [2.45, 2.75) is 6.92 Å². The number of amides is 1. The predicted molar refractivity (Wildman–Crippen MR) is 114 cm³/mol. The summed E-state index contributed by atoms with van der Waals surface area (Å²) in [7, 11) is -2.03. The van der Waals surface area contributed by atoms with Gasteiger partial charge in [0.1, 0.15) is 6.54 Å². The second kappa shape index (κ2) is 7.57. The third-order valence-corrected chi connectivity index (χ3v) is 6.56. The van der Waals surface area contributed by atoms with Crippen molar-refractivity contribution in [3.63, 3.8) is 0 Å². The second-order valence-electron chi connectivity index (χ2n) is 6.36. The zero-order chi connectivity index (χ0) is 20.6. The molecule has 2 aromatic carbocycles. The summed E-state index contributed by atoms with van der Waals surface area (Å²) in [6.07, 6.45) is 1.04. The van der Waals surface area contributed by atoms with Crippen LogP contribution in [0.15, 0.2) is 41.2 Å². The van der Waals surface area contributed by atoms with Gasteiger partial charge in [-0.2, -0.15) is 0 Å². The highest BCUT2D eigenvalue weighted by molar-refractivity contribution is 7.92. The molecule has 0 saturated heterocycles. The zero-order valence-corrected chi connectivity index (χ0v) is 17.8. The highest BCUT2D eigenvalue weighted by Gasteiger charge is 2.23. The summed E-state index contributed by atoms with van der Waals surface area (Å²) in [5, 5.41) is 3.06. The minimum absolute atomic E-state index is 0.0989. The van der Waals surface area contributed by atoms with Gasteiger partial charge in [-0.25, -0.2) is 8.42 Å². The van der Waals surface area contributed by atoms with E-state index in [4.69, 9.17) is 11.6 Å². The van der Waals surface area contributed by atoms with Crippen molar-refractivity contribution in [2.75, 3.05) is 22.4 Å². The number of fused-ring (bicyclic) bond motifs is 1. The van der Waals surface area contributed by atoms with Crippen molar-refractivity contribution >= 4 is 60.5 Å². The number of nitrogens with one attached hydrogen (secondary N) is 1. The van der Waals surface area contributed by atoms with Crippen molar-refractivity contribution in [3.8, 4) is 0 Å². The Bertz CT molecular complexity index is 1230. The van der Waals surface area contributed by atoms with Crippen LogP contribution in [0.4, 0.5) is 11.4 Å². The van der Waals surface area contributed by atoms with E-state index in [0.717, 1.165) is 32.1 Å². The van der Waals surface area contributed by atoms with Crippen LogP contribution < -0.4 is 14.5 Å². The van der Waals surface area contributed by atoms with Gasteiger partial charge >= 0.3 is 4.87 Å². The molecule has 1 amide bonds. The van der Waals surface area contributed by atoms with Crippen molar-refractivity contribution < 1.29 is 13.2 Å². The van der Waals surface area contributed by atoms with Crippen molar-refractivity contribution in [2.24, 2.45) is 7.05 Å². The van der Waals surface area contributed by atoms with E-state index >= 15 is 0 Å². The monoisotopic (exact) mass is 439 g/mol. The number of thiazole rings is 1. The minimum Gasteiger partial charge on any atom is -0.324 e. The molecule has 0 unspecified atom stereocenters. The first-order valence-corrected chi connectivity index (χ1v) is 11.2. The summed E-state index contributed by atoms with van der Waals surface area (Å²) in [5.74, 6) is -0.507. The fourth-order valence-electron chi connectivity index (χ4n) is 2.77. The first kappa shape index (κ1) is 20.4. The largest absolute Gasteiger partial charge is 0.324 e. The van der Waals surface area contributed by atoms with Gasteiger partial charge in [-0.05, 0) is 42.8 Å². The quantitative estimate of drug-likeness (QED) is 0.661. The number of nitrogens with zero attached hydrogens (tertiary/aromatic N) is 2. The number of hydrogen-bond acceptors (Lipinski definition) is 5. The molecule has 10 heteroatoms. The average Bonchev–Trinajstić information content (AvgIpc) is 2.88. The molecule has 3 rings (SSSR count). The fraction of sp³-hybridized carbons (Fsp3) is 0.222. The van der Waals surface area contributed by atoms with Crippen LogP contribution in [0.1, 0.15) is 5.56 Å². The number of aromatic nitrogens is 1. The lowest BCUT2D eigenvalue weighted by Gasteiger charge is -2.23. The van der Waals surface area contributed by atoms with Crippen LogP contribution in [0.2, 0.25) is 5.02 Å². The molecule has 148 valence electrons. The summed E-state index contributed by atoms with van der Waals surface area (Å²) < 4.78 is 27.8. The van der Waals surface area contributed by atoms with Gasteiger partial charge < -0.3 is 9.88 Å². The SMILES string of the molecule is Cc1ccc(Cl)cc1N(CC(=O)Nc1ccc2c(c1)sc(=O)n2C)S(C)(=O)=O. The van der Waals surface area contributed by atoms with Gasteiger partial charge in [0, 0.05) is 17.8 Å². The minimum atomic E-state index is -3.71. The summed E-state index contributed by atoms with van der Waals surface area (Å²) in [4.78, 5) is 24.2. The molecule has 0 spiro atoms. The normalized spacial score (nSPS) is 11.6. The van der Waals surface area contributed by atoms with E-state index in [2.05, 4.69) is 5.32 Å². The lowest BCUT2D eigenvalue weighted by Crippen LogP contribution is -2.37. The second-order valence-corrected chi connectivity index (χ2v) is 9.69. The standard InChI is InChI=1S/C18H18ClN3O4S2/c1-11-4-5-12(19)8-15(11)22(28(3,25)26)10-17(23)20-13-6-7-14-16(9-13)27-18(24)21(14)2/h4-9H,10H2,1-3H3,(H,20,23). The Morgan fingerprint density at radius 1 is 1.25 bits per heavy atom. The van der Waals surface area contributed by atoms with Gasteiger partial charge in [0.25, 0.3) is 0 Å². The molecular weight excluding hydrogens is 422 g/mol. The van der Waals surface area contributed by atoms with Crippen LogP contribution in [0.3, 0.4) is 0 Å². The molecule has 0 aliphatic carbocycles. The highest BCUT2D eigenvalue weighted by atomic mass is 35.5. The van der Waals surface area contributed by atoms with Gasteiger partial charge in [0.15, 0.2) is 0 Å². The third-order valence-electron chi connectivity index (χ3n) is 4.20. The van der Waals surface area contributed by atoms with E-state index in [0.29, 0.717) is 22.0 Å². The lowest BCUT2D eigenvalue weighted by molar-refractivity contribution is -0.114. The van der Waals surface area contributed by atoms with Crippen molar-refractivity contribution in [3.05, 3.63) is 56.7 Å². The number of carbonyl (C=O) groups excluding carboxylic acids is 1. The Kier molecular flexibility index (Phi) is 5.51. The maximum Gasteiger partial charge on any atom is 0.307 e. The van der Waals surface area contributed by atoms with Gasteiger partial charge in [-0.15, -0.1) is 0 Å². The van der Waals surface area contributed by atoms with Gasteiger partial charge in [0.05, 0.1) is 22.2 Å². The number of aryl methyl sites for hydroxylation is 2. The zero-order valence-electron chi connectivity index (χ0n) is 15.4.